The van der Waals surface area contributed by atoms with Gasteiger partial charge in [-0.3, -0.25) is 0 Å². The van der Waals surface area contributed by atoms with Crippen LogP contribution in [0.1, 0.15) is 37.7 Å². The second kappa shape index (κ2) is 8.15. The first-order valence-corrected chi connectivity index (χ1v) is 10.9. The Hall–Kier alpha value is -2.61. The van der Waals surface area contributed by atoms with E-state index >= 15 is 0 Å². The lowest BCUT2D eigenvalue weighted by molar-refractivity contribution is -0.137. The first-order chi connectivity index (χ1) is 15.0. The number of oxazole rings is 1. The van der Waals surface area contributed by atoms with E-state index < -0.39 is 11.7 Å². The third-order valence-electron chi connectivity index (χ3n) is 6.42. The standard InChI is InChI=1S/C23H25F3N4O/c24-23(25,26)18-6-4-16(5-7-18)17-14-20-21(27-15-17)28-22(31-20)30-12-8-19(9-13-30)29-10-2-1-3-11-29/h4-7,14-15,19H,1-3,8-13H2. The molecule has 0 saturated carbocycles. The number of nitrogens with zero attached hydrogens (tertiary/aromatic N) is 4. The molecular weight excluding hydrogens is 405 g/mol. The second-order valence-electron chi connectivity index (χ2n) is 8.43. The first kappa shape index (κ1) is 20.3. The van der Waals surface area contributed by atoms with Crippen LogP contribution in [-0.4, -0.2) is 47.1 Å². The minimum absolute atomic E-state index is 0.517. The molecule has 0 bridgehead atoms. The maximum Gasteiger partial charge on any atom is 0.416 e. The number of anilines is 1. The number of benzene rings is 1. The van der Waals surface area contributed by atoms with Gasteiger partial charge in [0.2, 0.25) is 5.65 Å². The topological polar surface area (TPSA) is 45.4 Å². The van der Waals surface area contributed by atoms with E-state index in [4.69, 9.17) is 4.42 Å². The Morgan fingerprint density at radius 1 is 0.903 bits per heavy atom. The van der Waals surface area contributed by atoms with Crippen LogP contribution in [0.3, 0.4) is 0 Å². The molecule has 1 aromatic carbocycles. The van der Waals surface area contributed by atoms with Crippen molar-refractivity contribution in [1.82, 2.24) is 14.9 Å². The summed E-state index contributed by atoms with van der Waals surface area (Å²) in [5.41, 5.74) is 1.75. The Morgan fingerprint density at radius 2 is 1.61 bits per heavy atom. The summed E-state index contributed by atoms with van der Waals surface area (Å²) >= 11 is 0. The maximum absolute atomic E-state index is 12.8. The van der Waals surface area contributed by atoms with Crippen LogP contribution in [0.4, 0.5) is 19.2 Å². The van der Waals surface area contributed by atoms with E-state index in [1.54, 1.807) is 12.3 Å². The van der Waals surface area contributed by atoms with E-state index in [2.05, 4.69) is 19.8 Å². The van der Waals surface area contributed by atoms with Gasteiger partial charge in [0.05, 0.1) is 5.56 Å². The summed E-state index contributed by atoms with van der Waals surface area (Å²) in [6, 6.07) is 8.08. The Kier molecular flexibility index (Phi) is 5.33. The first-order valence-electron chi connectivity index (χ1n) is 10.9. The number of rotatable bonds is 3. The van der Waals surface area contributed by atoms with Crippen molar-refractivity contribution < 1.29 is 17.6 Å². The van der Waals surface area contributed by atoms with E-state index in [-0.39, 0.29) is 0 Å². The van der Waals surface area contributed by atoms with Crippen molar-refractivity contribution in [2.24, 2.45) is 0 Å². The van der Waals surface area contributed by atoms with Gasteiger partial charge in [0, 0.05) is 30.9 Å². The molecule has 0 unspecified atom stereocenters. The number of alkyl halides is 3. The minimum Gasteiger partial charge on any atom is -0.422 e. The van der Waals surface area contributed by atoms with Crippen molar-refractivity contribution in [1.29, 1.82) is 0 Å². The van der Waals surface area contributed by atoms with E-state index in [1.165, 1.54) is 44.5 Å². The van der Waals surface area contributed by atoms with Crippen molar-refractivity contribution in [3.63, 3.8) is 0 Å². The van der Waals surface area contributed by atoms with Crippen LogP contribution in [0.5, 0.6) is 0 Å². The molecule has 3 aromatic rings. The molecule has 31 heavy (non-hydrogen) atoms. The van der Waals surface area contributed by atoms with Crippen molar-refractivity contribution in [3.8, 4) is 11.1 Å². The lowest BCUT2D eigenvalue weighted by Crippen LogP contribution is -2.46. The predicted octanol–water partition coefficient (Wildman–Crippen LogP) is 5.36. The van der Waals surface area contributed by atoms with Gasteiger partial charge in [-0.2, -0.15) is 18.2 Å². The Bertz CT molecular complexity index is 1030. The molecular formula is C23H25F3N4O. The smallest absolute Gasteiger partial charge is 0.416 e. The molecule has 0 spiro atoms. The van der Waals surface area contributed by atoms with Crippen LogP contribution >= 0.6 is 0 Å². The zero-order chi connectivity index (χ0) is 21.4. The zero-order valence-corrected chi connectivity index (χ0v) is 17.2. The van der Waals surface area contributed by atoms with Crippen LogP contribution in [-0.2, 0) is 6.18 Å². The van der Waals surface area contributed by atoms with E-state index in [0.29, 0.717) is 34.4 Å². The molecule has 2 aromatic heterocycles. The fourth-order valence-electron chi connectivity index (χ4n) is 4.66. The number of hydrogen-bond donors (Lipinski definition) is 0. The SMILES string of the molecule is FC(F)(F)c1ccc(-c2cnc3nc(N4CCC(N5CCCCC5)CC4)oc3c2)cc1. The molecule has 8 heteroatoms. The second-order valence-corrected chi connectivity index (χ2v) is 8.43. The average molecular weight is 430 g/mol. The largest absolute Gasteiger partial charge is 0.422 e. The number of hydrogen-bond acceptors (Lipinski definition) is 5. The molecule has 2 saturated heterocycles. The van der Waals surface area contributed by atoms with Gasteiger partial charge in [0.1, 0.15) is 0 Å². The van der Waals surface area contributed by atoms with Gasteiger partial charge in [0.15, 0.2) is 5.58 Å². The Morgan fingerprint density at radius 3 is 2.29 bits per heavy atom. The quantitative estimate of drug-likeness (QED) is 0.560. The number of aromatic nitrogens is 2. The molecule has 2 aliphatic heterocycles. The van der Waals surface area contributed by atoms with Gasteiger partial charge >= 0.3 is 6.18 Å². The van der Waals surface area contributed by atoms with E-state index in [0.717, 1.165) is 38.1 Å². The molecule has 0 aliphatic carbocycles. The molecule has 5 rings (SSSR count). The van der Waals surface area contributed by atoms with Gasteiger partial charge in [-0.1, -0.05) is 18.6 Å². The van der Waals surface area contributed by atoms with Gasteiger partial charge < -0.3 is 14.2 Å². The molecule has 0 N–H and O–H groups in total. The van der Waals surface area contributed by atoms with Crippen molar-refractivity contribution in [2.75, 3.05) is 31.1 Å². The van der Waals surface area contributed by atoms with E-state index in [9.17, 15) is 13.2 Å². The summed E-state index contributed by atoms with van der Waals surface area (Å²) in [7, 11) is 0. The molecule has 0 amide bonds. The van der Waals surface area contributed by atoms with Gasteiger partial charge in [0.25, 0.3) is 6.01 Å². The van der Waals surface area contributed by atoms with E-state index in [1.807, 2.05) is 0 Å². The summed E-state index contributed by atoms with van der Waals surface area (Å²) < 4.78 is 44.4. The highest BCUT2D eigenvalue weighted by Gasteiger charge is 2.30. The number of fused-ring (bicyclic) bond motifs is 1. The maximum atomic E-state index is 12.8. The van der Waals surface area contributed by atoms with Crippen molar-refractivity contribution in [3.05, 3.63) is 42.1 Å². The molecule has 4 heterocycles. The summed E-state index contributed by atoms with van der Waals surface area (Å²) in [4.78, 5) is 13.7. The fraction of sp³-hybridized carbons (Fsp3) is 0.478. The number of halogens is 3. The van der Waals surface area contributed by atoms with Crippen LogP contribution in [0.25, 0.3) is 22.4 Å². The Labute approximate surface area is 178 Å². The minimum atomic E-state index is -4.35. The van der Waals surface area contributed by atoms with Crippen molar-refractivity contribution in [2.45, 2.75) is 44.3 Å². The molecule has 0 radical (unpaired) electrons. The van der Waals surface area contributed by atoms with Gasteiger partial charge in [-0.15, -0.1) is 0 Å². The summed E-state index contributed by atoms with van der Waals surface area (Å²) in [6.45, 7) is 4.23. The lowest BCUT2D eigenvalue weighted by Gasteiger charge is -2.39. The number of pyridine rings is 1. The third kappa shape index (κ3) is 4.26. The zero-order valence-electron chi connectivity index (χ0n) is 17.2. The highest BCUT2D eigenvalue weighted by Crippen LogP contribution is 2.32. The normalized spacial score (nSPS) is 19.3. The van der Waals surface area contributed by atoms with Crippen molar-refractivity contribution >= 4 is 17.2 Å². The van der Waals surface area contributed by atoms with Gasteiger partial charge in [-0.05, 0) is 62.5 Å². The van der Waals surface area contributed by atoms with Crippen LogP contribution < -0.4 is 4.90 Å². The monoisotopic (exact) mass is 430 g/mol. The van der Waals surface area contributed by atoms with Crippen LogP contribution in [0.2, 0.25) is 0 Å². The highest BCUT2D eigenvalue weighted by molar-refractivity contribution is 5.77. The van der Waals surface area contributed by atoms with Crippen LogP contribution in [0, 0.1) is 0 Å². The summed E-state index contributed by atoms with van der Waals surface area (Å²) in [6.07, 6.45) is 3.43. The average Bonchev–Trinajstić information content (AvgIpc) is 3.23. The number of piperidine rings is 2. The Balaban J connectivity index is 1.30. The predicted molar refractivity (Wildman–Crippen MR) is 113 cm³/mol. The molecule has 5 nitrogen and oxygen atoms in total. The molecule has 2 fully saturated rings. The molecule has 0 atom stereocenters. The highest BCUT2D eigenvalue weighted by atomic mass is 19.4. The van der Waals surface area contributed by atoms with Crippen LogP contribution in [0.15, 0.2) is 40.9 Å². The van der Waals surface area contributed by atoms with Gasteiger partial charge in [-0.25, -0.2) is 4.98 Å². The molecule has 164 valence electrons. The number of likely N-dealkylation sites (tertiary alicyclic amines) is 1. The molecule has 2 aliphatic rings. The fourth-order valence-corrected chi connectivity index (χ4v) is 4.66. The third-order valence-corrected chi connectivity index (χ3v) is 6.42. The summed E-state index contributed by atoms with van der Waals surface area (Å²) in [5, 5.41) is 0. The lowest BCUT2D eigenvalue weighted by atomic mass is 10.0. The summed E-state index contributed by atoms with van der Waals surface area (Å²) in [5.74, 6) is 0.